The van der Waals surface area contributed by atoms with E-state index in [1.54, 1.807) is 7.11 Å². The number of aryl methyl sites for hydroxylation is 2. The maximum Gasteiger partial charge on any atom is 0.191 e. The number of nitrogens with one attached hydrogen (secondary N) is 2. The van der Waals surface area contributed by atoms with E-state index < -0.39 is 0 Å². The molecule has 1 unspecified atom stereocenters. The summed E-state index contributed by atoms with van der Waals surface area (Å²) in [7, 11) is 1.72. The molecule has 1 aliphatic heterocycles. The number of phenolic OH excluding ortho intramolecular Hbond substituents is 1. The van der Waals surface area contributed by atoms with Gasteiger partial charge in [0.2, 0.25) is 0 Å². The van der Waals surface area contributed by atoms with Gasteiger partial charge in [-0.3, -0.25) is 0 Å². The van der Waals surface area contributed by atoms with Crippen LogP contribution in [0.4, 0.5) is 5.69 Å². The van der Waals surface area contributed by atoms with Gasteiger partial charge in [-0.1, -0.05) is 24.3 Å². The molecular formula is C23H32N4O2. The van der Waals surface area contributed by atoms with Gasteiger partial charge in [-0.15, -0.1) is 0 Å². The number of hydrogen-bond donors (Lipinski definition) is 3. The van der Waals surface area contributed by atoms with Crippen LogP contribution in [-0.4, -0.2) is 43.9 Å². The Hall–Kier alpha value is -2.89. The molecule has 3 N–H and O–H groups in total. The molecule has 0 aliphatic carbocycles. The average Bonchev–Trinajstić information content (AvgIpc) is 3.18. The second-order valence-corrected chi connectivity index (χ2v) is 7.52. The summed E-state index contributed by atoms with van der Waals surface area (Å²) in [5, 5.41) is 16.9. The Morgan fingerprint density at radius 1 is 1.24 bits per heavy atom. The Morgan fingerprint density at radius 3 is 2.66 bits per heavy atom. The van der Waals surface area contributed by atoms with Gasteiger partial charge in [0.05, 0.1) is 19.3 Å². The minimum absolute atomic E-state index is 0.320. The second-order valence-electron chi connectivity index (χ2n) is 7.52. The lowest BCUT2D eigenvalue weighted by atomic mass is 10.1. The summed E-state index contributed by atoms with van der Waals surface area (Å²) in [4.78, 5) is 7.11. The van der Waals surface area contributed by atoms with E-state index in [0.717, 1.165) is 60.1 Å². The topological polar surface area (TPSA) is 69.1 Å². The van der Waals surface area contributed by atoms with E-state index in [2.05, 4.69) is 28.5 Å². The number of benzene rings is 2. The molecule has 0 bridgehead atoms. The van der Waals surface area contributed by atoms with Crippen LogP contribution in [0.25, 0.3) is 0 Å². The van der Waals surface area contributed by atoms with Crippen LogP contribution in [0.3, 0.4) is 0 Å². The Kier molecular flexibility index (Phi) is 6.86. The third-order valence-electron chi connectivity index (χ3n) is 5.27. The van der Waals surface area contributed by atoms with E-state index >= 15 is 0 Å². The predicted molar refractivity (Wildman–Crippen MR) is 119 cm³/mol. The maximum absolute atomic E-state index is 9.96. The Labute approximate surface area is 173 Å². The lowest BCUT2D eigenvalue weighted by Crippen LogP contribution is -2.44. The molecule has 0 saturated carbocycles. The number of aliphatic imine (C=N–C) groups is 1. The number of guanidine groups is 1. The van der Waals surface area contributed by atoms with Gasteiger partial charge in [-0.25, -0.2) is 4.99 Å². The first-order valence-electron chi connectivity index (χ1n) is 10.2. The number of aromatic hydroxyl groups is 1. The minimum atomic E-state index is 0.320. The summed E-state index contributed by atoms with van der Waals surface area (Å²) in [5.41, 5.74) is 4.00. The number of ether oxygens (including phenoxy) is 1. The molecule has 0 spiro atoms. The van der Waals surface area contributed by atoms with Crippen LogP contribution in [0.1, 0.15) is 30.0 Å². The summed E-state index contributed by atoms with van der Waals surface area (Å²) in [5.74, 6) is 2.10. The van der Waals surface area contributed by atoms with Crippen molar-refractivity contribution in [2.45, 2.75) is 39.8 Å². The SMILES string of the molecule is CCNC(=NCc1cc(C)c(O)c(C)c1)NC1CCN(c2ccccc2OC)C1. The number of para-hydroxylation sites is 2. The van der Waals surface area contributed by atoms with Crippen LogP contribution < -0.4 is 20.3 Å². The number of nitrogens with zero attached hydrogens (tertiary/aromatic N) is 2. The monoisotopic (exact) mass is 396 g/mol. The van der Waals surface area contributed by atoms with E-state index in [-0.39, 0.29) is 0 Å². The lowest BCUT2D eigenvalue weighted by Gasteiger charge is -2.22. The van der Waals surface area contributed by atoms with Crippen molar-refractivity contribution in [2.24, 2.45) is 4.99 Å². The van der Waals surface area contributed by atoms with Crippen LogP contribution in [-0.2, 0) is 6.54 Å². The van der Waals surface area contributed by atoms with Crippen LogP contribution in [0, 0.1) is 13.8 Å². The fourth-order valence-corrected chi connectivity index (χ4v) is 3.81. The van der Waals surface area contributed by atoms with E-state index in [9.17, 15) is 5.11 Å². The van der Waals surface area contributed by atoms with Gasteiger partial charge in [0, 0.05) is 25.7 Å². The highest BCUT2D eigenvalue weighted by molar-refractivity contribution is 5.80. The van der Waals surface area contributed by atoms with Gasteiger partial charge >= 0.3 is 0 Å². The van der Waals surface area contributed by atoms with Crippen molar-refractivity contribution in [1.82, 2.24) is 10.6 Å². The number of methoxy groups -OCH3 is 1. The summed E-state index contributed by atoms with van der Waals surface area (Å²) < 4.78 is 5.51. The quantitative estimate of drug-likeness (QED) is 0.516. The first-order chi connectivity index (χ1) is 14.0. The molecule has 0 aromatic heterocycles. The first-order valence-corrected chi connectivity index (χ1v) is 10.2. The fourth-order valence-electron chi connectivity index (χ4n) is 3.81. The zero-order valence-corrected chi connectivity index (χ0v) is 17.8. The lowest BCUT2D eigenvalue weighted by molar-refractivity contribution is 0.415. The van der Waals surface area contributed by atoms with E-state index in [1.807, 2.05) is 44.2 Å². The summed E-state index contributed by atoms with van der Waals surface area (Å²) >= 11 is 0. The van der Waals surface area contributed by atoms with Crippen molar-refractivity contribution in [3.05, 3.63) is 53.1 Å². The van der Waals surface area contributed by atoms with Crippen molar-refractivity contribution in [2.75, 3.05) is 31.6 Å². The van der Waals surface area contributed by atoms with Gasteiger partial charge in [-0.05, 0) is 56.0 Å². The van der Waals surface area contributed by atoms with E-state index in [0.29, 0.717) is 18.3 Å². The molecule has 29 heavy (non-hydrogen) atoms. The van der Waals surface area contributed by atoms with Gasteiger partial charge in [-0.2, -0.15) is 0 Å². The average molecular weight is 397 g/mol. The normalized spacial score (nSPS) is 16.8. The third-order valence-corrected chi connectivity index (χ3v) is 5.27. The number of rotatable bonds is 6. The molecule has 0 radical (unpaired) electrons. The van der Waals surface area contributed by atoms with E-state index in [4.69, 9.17) is 9.73 Å². The number of hydrogen-bond acceptors (Lipinski definition) is 4. The molecule has 0 amide bonds. The van der Waals surface area contributed by atoms with Gasteiger partial charge in [0.15, 0.2) is 5.96 Å². The number of phenols is 1. The molecule has 1 aliphatic rings. The minimum Gasteiger partial charge on any atom is -0.507 e. The zero-order chi connectivity index (χ0) is 20.8. The van der Waals surface area contributed by atoms with Crippen molar-refractivity contribution in [1.29, 1.82) is 0 Å². The Bertz CT molecular complexity index is 843. The fraction of sp³-hybridized carbons (Fsp3) is 0.435. The van der Waals surface area contributed by atoms with Crippen LogP contribution in [0.15, 0.2) is 41.4 Å². The highest BCUT2D eigenvalue weighted by Crippen LogP contribution is 2.30. The molecule has 1 heterocycles. The first kappa shape index (κ1) is 20.8. The molecular weight excluding hydrogens is 364 g/mol. The van der Waals surface area contributed by atoms with Crippen molar-refractivity contribution in [3.8, 4) is 11.5 Å². The zero-order valence-electron chi connectivity index (χ0n) is 17.8. The van der Waals surface area contributed by atoms with Crippen LogP contribution >= 0.6 is 0 Å². The molecule has 156 valence electrons. The van der Waals surface area contributed by atoms with Crippen LogP contribution in [0.5, 0.6) is 11.5 Å². The van der Waals surface area contributed by atoms with Crippen molar-refractivity contribution >= 4 is 11.6 Å². The molecule has 6 nitrogen and oxygen atoms in total. The molecule has 2 aromatic rings. The third kappa shape index (κ3) is 5.13. The molecule has 2 aromatic carbocycles. The van der Waals surface area contributed by atoms with Gasteiger partial charge in [0.1, 0.15) is 11.5 Å². The summed E-state index contributed by atoms with van der Waals surface area (Å²) in [6, 6.07) is 12.5. The Balaban J connectivity index is 1.65. The standard InChI is InChI=1S/C23H32N4O2/c1-5-24-23(25-14-18-12-16(2)22(28)17(3)13-18)26-19-10-11-27(15-19)20-8-6-7-9-21(20)29-4/h6-9,12-13,19,28H,5,10-11,14-15H2,1-4H3,(H2,24,25,26). The highest BCUT2D eigenvalue weighted by atomic mass is 16.5. The smallest absolute Gasteiger partial charge is 0.191 e. The predicted octanol–water partition coefficient (Wildman–Crippen LogP) is 3.35. The molecule has 1 atom stereocenters. The van der Waals surface area contributed by atoms with Crippen LogP contribution in [0.2, 0.25) is 0 Å². The molecule has 3 rings (SSSR count). The summed E-state index contributed by atoms with van der Waals surface area (Å²) in [6.07, 6.45) is 1.04. The van der Waals surface area contributed by atoms with Crippen molar-refractivity contribution < 1.29 is 9.84 Å². The van der Waals surface area contributed by atoms with Crippen molar-refractivity contribution in [3.63, 3.8) is 0 Å². The van der Waals surface area contributed by atoms with Gasteiger partial charge < -0.3 is 25.4 Å². The number of anilines is 1. The molecule has 1 fully saturated rings. The molecule has 1 saturated heterocycles. The van der Waals surface area contributed by atoms with Gasteiger partial charge in [0.25, 0.3) is 0 Å². The highest BCUT2D eigenvalue weighted by Gasteiger charge is 2.25. The van der Waals surface area contributed by atoms with E-state index in [1.165, 1.54) is 0 Å². The Morgan fingerprint density at radius 2 is 1.97 bits per heavy atom. The summed E-state index contributed by atoms with van der Waals surface area (Å²) in [6.45, 7) is 9.18. The maximum atomic E-state index is 9.96. The largest absolute Gasteiger partial charge is 0.507 e. The molecule has 6 heteroatoms. The second kappa shape index (κ2) is 9.54.